The summed E-state index contributed by atoms with van der Waals surface area (Å²) in [5.74, 6) is -0.00281. The first kappa shape index (κ1) is 14.5. The van der Waals surface area contributed by atoms with Gasteiger partial charge in [0.1, 0.15) is 4.90 Å². The van der Waals surface area contributed by atoms with Gasteiger partial charge in [0.25, 0.3) is 0 Å². The highest BCUT2D eigenvalue weighted by molar-refractivity contribution is 7.91. The lowest BCUT2D eigenvalue weighted by atomic mass is 10.2. The zero-order chi connectivity index (χ0) is 14.3. The molecule has 0 bridgehead atoms. The highest BCUT2D eigenvalue weighted by atomic mass is 32.2. The Kier molecular flexibility index (Phi) is 3.72. The van der Waals surface area contributed by atoms with Gasteiger partial charge in [-0.3, -0.25) is 5.10 Å². The molecular weight excluding hydrogens is 290 g/mol. The third-order valence-corrected chi connectivity index (χ3v) is 6.72. The lowest BCUT2D eigenvalue weighted by Crippen LogP contribution is -2.43. The van der Waals surface area contributed by atoms with Crippen molar-refractivity contribution < 1.29 is 16.8 Å². The van der Waals surface area contributed by atoms with E-state index in [1.165, 1.54) is 0 Å². The van der Waals surface area contributed by atoms with Gasteiger partial charge in [0.05, 0.1) is 22.9 Å². The van der Waals surface area contributed by atoms with Gasteiger partial charge in [-0.1, -0.05) is 0 Å². The number of rotatable bonds is 3. The second kappa shape index (κ2) is 4.88. The zero-order valence-corrected chi connectivity index (χ0v) is 12.4. The van der Waals surface area contributed by atoms with E-state index in [4.69, 9.17) is 0 Å². The first-order chi connectivity index (χ1) is 8.71. The SMILES string of the molecule is Cc1n[nH]c(C)c1S(=O)(=O)NC1CCCS(=O)(=O)C1. The van der Waals surface area contributed by atoms with Crippen LogP contribution < -0.4 is 4.72 Å². The maximum atomic E-state index is 12.2. The van der Waals surface area contributed by atoms with E-state index in [2.05, 4.69) is 14.9 Å². The minimum absolute atomic E-state index is 0.107. The standard InChI is InChI=1S/C10H17N3O4S2/c1-7-10(8(2)12-11-7)19(16,17)13-9-4-3-5-18(14,15)6-9/h9,13H,3-6H2,1-2H3,(H,11,12). The van der Waals surface area contributed by atoms with Crippen LogP contribution in [0.3, 0.4) is 0 Å². The number of nitrogens with one attached hydrogen (secondary N) is 2. The van der Waals surface area contributed by atoms with Gasteiger partial charge < -0.3 is 0 Å². The summed E-state index contributed by atoms with van der Waals surface area (Å²) in [5, 5.41) is 6.45. The Balaban J connectivity index is 2.23. The van der Waals surface area contributed by atoms with Gasteiger partial charge in [-0.05, 0) is 26.7 Å². The summed E-state index contributed by atoms with van der Waals surface area (Å²) in [6, 6.07) is -0.558. The van der Waals surface area contributed by atoms with E-state index in [9.17, 15) is 16.8 Å². The summed E-state index contributed by atoms with van der Waals surface area (Å²) in [5.41, 5.74) is 0.826. The maximum Gasteiger partial charge on any atom is 0.244 e. The number of hydrogen-bond donors (Lipinski definition) is 2. The Morgan fingerprint density at radius 3 is 2.58 bits per heavy atom. The fourth-order valence-electron chi connectivity index (χ4n) is 2.33. The number of H-pyrrole nitrogens is 1. The van der Waals surface area contributed by atoms with Gasteiger partial charge in [-0.15, -0.1) is 0 Å². The molecule has 1 saturated heterocycles. The zero-order valence-electron chi connectivity index (χ0n) is 10.8. The van der Waals surface area contributed by atoms with Crippen molar-refractivity contribution in [3.8, 4) is 0 Å². The number of nitrogens with zero attached hydrogens (tertiary/aromatic N) is 1. The van der Waals surface area contributed by atoms with Gasteiger partial charge in [0.2, 0.25) is 10.0 Å². The first-order valence-electron chi connectivity index (χ1n) is 5.95. The predicted molar refractivity (Wildman–Crippen MR) is 70.1 cm³/mol. The van der Waals surface area contributed by atoms with Gasteiger partial charge in [-0.25, -0.2) is 21.6 Å². The molecule has 0 aliphatic carbocycles. The Labute approximate surface area is 112 Å². The molecule has 19 heavy (non-hydrogen) atoms. The Morgan fingerprint density at radius 1 is 1.37 bits per heavy atom. The van der Waals surface area contributed by atoms with Crippen molar-refractivity contribution in [2.24, 2.45) is 0 Å². The molecule has 2 N–H and O–H groups in total. The Bertz CT molecular complexity index is 656. The van der Waals surface area contributed by atoms with Crippen molar-refractivity contribution in [1.82, 2.24) is 14.9 Å². The van der Waals surface area contributed by atoms with Crippen LogP contribution in [0.5, 0.6) is 0 Å². The molecule has 0 spiro atoms. The van der Waals surface area contributed by atoms with Gasteiger partial charge in [0.15, 0.2) is 9.84 Å². The molecule has 1 atom stereocenters. The summed E-state index contributed by atoms with van der Waals surface area (Å²) in [7, 11) is -6.88. The van der Waals surface area contributed by atoms with Crippen molar-refractivity contribution >= 4 is 19.9 Å². The molecule has 7 nitrogen and oxygen atoms in total. The molecular formula is C10H17N3O4S2. The lowest BCUT2D eigenvalue weighted by molar-refractivity contribution is 0.517. The van der Waals surface area contributed by atoms with E-state index < -0.39 is 25.9 Å². The van der Waals surface area contributed by atoms with E-state index in [0.717, 1.165) is 0 Å². The third-order valence-electron chi connectivity index (χ3n) is 3.11. The molecule has 1 aromatic rings. The molecule has 2 rings (SSSR count). The maximum absolute atomic E-state index is 12.2. The van der Waals surface area contributed by atoms with E-state index in [0.29, 0.717) is 24.2 Å². The molecule has 1 aliphatic heterocycles. The van der Waals surface area contributed by atoms with Crippen LogP contribution in [0, 0.1) is 13.8 Å². The van der Waals surface area contributed by atoms with E-state index in [-0.39, 0.29) is 16.4 Å². The predicted octanol–water partition coefficient (Wildman–Crippen LogP) is -0.118. The lowest BCUT2D eigenvalue weighted by Gasteiger charge is -2.22. The third kappa shape index (κ3) is 3.15. The number of hydrogen-bond acceptors (Lipinski definition) is 5. The Hall–Kier alpha value is -0.930. The minimum Gasteiger partial charge on any atom is -0.281 e. The van der Waals surface area contributed by atoms with Crippen LogP contribution in [-0.2, 0) is 19.9 Å². The molecule has 2 heterocycles. The number of sulfonamides is 1. The van der Waals surface area contributed by atoms with Crippen molar-refractivity contribution in [3.05, 3.63) is 11.4 Å². The minimum atomic E-state index is -3.74. The van der Waals surface area contributed by atoms with Crippen molar-refractivity contribution in [2.45, 2.75) is 37.6 Å². The second-order valence-electron chi connectivity index (χ2n) is 4.84. The Morgan fingerprint density at radius 2 is 2.05 bits per heavy atom. The first-order valence-corrected chi connectivity index (χ1v) is 9.26. The molecule has 9 heteroatoms. The molecule has 1 fully saturated rings. The van der Waals surface area contributed by atoms with Crippen LogP contribution in [0.25, 0.3) is 0 Å². The number of aryl methyl sites for hydroxylation is 2. The van der Waals surface area contributed by atoms with Crippen LogP contribution >= 0.6 is 0 Å². The summed E-state index contributed by atoms with van der Waals surface area (Å²) in [4.78, 5) is 0.107. The number of sulfone groups is 1. The molecule has 0 amide bonds. The normalized spacial score (nSPS) is 23.4. The van der Waals surface area contributed by atoms with E-state index >= 15 is 0 Å². The van der Waals surface area contributed by atoms with Gasteiger partial charge in [-0.2, -0.15) is 5.10 Å². The monoisotopic (exact) mass is 307 g/mol. The summed E-state index contributed by atoms with van der Waals surface area (Å²) in [6.07, 6.45) is 1.02. The number of aromatic nitrogens is 2. The molecule has 1 unspecified atom stereocenters. The molecule has 108 valence electrons. The van der Waals surface area contributed by atoms with E-state index in [1.54, 1.807) is 13.8 Å². The highest BCUT2D eigenvalue weighted by Gasteiger charge is 2.30. The second-order valence-corrected chi connectivity index (χ2v) is 8.72. The van der Waals surface area contributed by atoms with Crippen molar-refractivity contribution in [3.63, 3.8) is 0 Å². The van der Waals surface area contributed by atoms with Crippen LogP contribution in [-0.4, -0.2) is 44.6 Å². The molecule has 0 radical (unpaired) electrons. The van der Waals surface area contributed by atoms with E-state index in [1.807, 2.05) is 0 Å². The summed E-state index contributed by atoms with van der Waals surface area (Å²) in [6.45, 7) is 3.21. The fourth-order valence-corrected chi connectivity index (χ4v) is 5.71. The van der Waals surface area contributed by atoms with Crippen molar-refractivity contribution in [1.29, 1.82) is 0 Å². The largest absolute Gasteiger partial charge is 0.281 e. The average molecular weight is 307 g/mol. The number of aromatic amines is 1. The van der Waals surface area contributed by atoms with Crippen molar-refractivity contribution in [2.75, 3.05) is 11.5 Å². The smallest absolute Gasteiger partial charge is 0.244 e. The molecule has 1 aromatic heterocycles. The quantitative estimate of drug-likeness (QED) is 0.809. The topological polar surface area (TPSA) is 109 Å². The summed E-state index contributed by atoms with van der Waals surface area (Å²) >= 11 is 0. The molecule has 0 aromatic carbocycles. The van der Waals surface area contributed by atoms with Crippen LogP contribution in [0.2, 0.25) is 0 Å². The fraction of sp³-hybridized carbons (Fsp3) is 0.700. The highest BCUT2D eigenvalue weighted by Crippen LogP contribution is 2.19. The van der Waals surface area contributed by atoms with Crippen LogP contribution in [0.1, 0.15) is 24.2 Å². The average Bonchev–Trinajstić information content (AvgIpc) is 2.56. The van der Waals surface area contributed by atoms with Crippen LogP contribution in [0.4, 0.5) is 0 Å². The van der Waals surface area contributed by atoms with Gasteiger partial charge in [0, 0.05) is 6.04 Å². The molecule has 0 saturated carbocycles. The summed E-state index contributed by atoms with van der Waals surface area (Å²) < 4.78 is 50.0. The molecule has 1 aliphatic rings. The van der Waals surface area contributed by atoms with Gasteiger partial charge >= 0.3 is 0 Å². The van der Waals surface area contributed by atoms with Crippen LogP contribution in [0.15, 0.2) is 4.90 Å².